The second kappa shape index (κ2) is 5.54. The summed E-state index contributed by atoms with van der Waals surface area (Å²) in [6.07, 6.45) is 2.53. The van der Waals surface area contributed by atoms with Gasteiger partial charge in [0.2, 0.25) is 0 Å². The quantitative estimate of drug-likeness (QED) is 0.825. The number of phenolic OH excluding ortho intramolecular Hbond substituents is 1. The van der Waals surface area contributed by atoms with Crippen molar-refractivity contribution in [2.75, 3.05) is 5.75 Å². The second-order valence-electron chi connectivity index (χ2n) is 5.22. The predicted molar refractivity (Wildman–Crippen MR) is 76.3 cm³/mol. The maximum Gasteiger partial charge on any atom is 0.141 e. The molecule has 3 unspecified atom stereocenters. The van der Waals surface area contributed by atoms with Gasteiger partial charge in [0, 0.05) is 5.56 Å². The predicted octanol–water partition coefficient (Wildman–Crippen LogP) is 3.74. The van der Waals surface area contributed by atoms with E-state index < -0.39 is 11.2 Å². The van der Waals surface area contributed by atoms with Crippen LogP contribution in [-0.2, 0) is 11.2 Å². The lowest BCUT2D eigenvalue weighted by atomic mass is 9.93. The molecule has 0 aliphatic heterocycles. The Kier molecular flexibility index (Phi) is 4.23. The van der Waals surface area contributed by atoms with Gasteiger partial charge in [-0.2, -0.15) is 0 Å². The van der Waals surface area contributed by atoms with E-state index in [2.05, 4.69) is 6.92 Å². The Bertz CT molecular complexity index is 415. The second-order valence-corrected chi connectivity index (χ2v) is 7.27. The maximum absolute atomic E-state index is 11.9. The van der Waals surface area contributed by atoms with E-state index in [1.54, 1.807) is 0 Å². The van der Waals surface area contributed by atoms with Crippen molar-refractivity contribution in [2.45, 2.75) is 44.8 Å². The standard InChI is InChI=1S/C15H22O2S/c1-4-18(17)11(3)14-7-5-6-13(15(14)16)10(2)12-8-9-12/h5-7,10-12,16H,4,8-9H2,1-3H3. The lowest BCUT2D eigenvalue weighted by Gasteiger charge is -2.21. The Labute approximate surface area is 113 Å². The molecule has 2 nitrogen and oxygen atoms in total. The van der Waals surface area contributed by atoms with Gasteiger partial charge in [-0.1, -0.05) is 25.1 Å². The molecule has 100 valence electrons. The van der Waals surface area contributed by atoms with Crippen LogP contribution in [0.2, 0.25) is 0 Å². The highest BCUT2D eigenvalue weighted by Gasteiger charge is 2.32. The highest BCUT2D eigenvalue weighted by molar-refractivity contribution is 7.91. The summed E-state index contributed by atoms with van der Waals surface area (Å²) in [6.45, 7) is 6.03. The summed E-state index contributed by atoms with van der Waals surface area (Å²) < 4.78 is 11.9. The van der Waals surface area contributed by atoms with Gasteiger partial charge >= 0.3 is 0 Å². The molecule has 0 heterocycles. The summed E-state index contributed by atoms with van der Waals surface area (Å²) in [4.78, 5) is 0. The van der Waals surface area contributed by atoms with Gasteiger partial charge in [0.05, 0.1) is 0 Å². The van der Waals surface area contributed by atoms with Gasteiger partial charge in [-0.15, -0.1) is 0 Å². The topological polar surface area (TPSA) is 43.3 Å². The first-order chi connectivity index (χ1) is 8.56. The molecule has 0 amide bonds. The fourth-order valence-electron chi connectivity index (χ4n) is 2.52. The van der Waals surface area contributed by atoms with Gasteiger partial charge in [0.25, 0.3) is 0 Å². The molecule has 1 fully saturated rings. The molecule has 1 aliphatic carbocycles. The van der Waals surface area contributed by atoms with E-state index in [9.17, 15) is 9.66 Å². The van der Waals surface area contributed by atoms with E-state index in [0.717, 1.165) is 17.0 Å². The number of aromatic hydroxyl groups is 1. The molecule has 3 atom stereocenters. The zero-order chi connectivity index (χ0) is 13.3. The van der Waals surface area contributed by atoms with Gasteiger partial charge in [0.15, 0.2) is 0 Å². The zero-order valence-electron chi connectivity index (χ0n) is 11.3. The van der Waals surface area contributed by atoms with Crippen molar-refractivity contribution in [1.82, 2.24) is 0 Å². The first-order valence-electron chi connectivity index (χ1n) is 6.75. The third-order valence-electron chi connectivity index (χ3n) is 4.03. The van der Waals surface area contributed by atoms with Crippen molar-refractivity contribution in [1.29, 1.82) is 0 Å². The summed E-state index contributed by atoms with van der Waals surface area (Å²) in [5, 5.41) is 10.3. The van der Waals surface area contributed by atoms with Gasteiger partial charge in [-0.3, -0.25) is 0 Å². The van der Waals surface area contributed by atoms with Crippen molar-refractivity contribution in [2.24, 2.45) is 5.92 Å². The first-order valence-corrected chi connectivity index (χ1v) is 8.13. The van der Waals surface area contributed by atoms with Crippen LogP contribution in [0, 0.1) is 5.92 Å². The number of hydrogen-bond donors (Lipinski definition) is 1. The molecular weight excluding hydrogens is 244 g/mol. The average molecular weight is 266 g/mol. The fourth-order valence-corrected chi connectivity index (χ4v) is 3.49. The highest BCUT2D eigenvalue weighted by Crippen LogP contribution is 2.46. The average Bonchev–Trinajstić information content (AvgIpc) is 3.20. The summed E-state index contributed by atoms with van der Waals surface area (Å²) >= 11 is -0.910. The molecule has 1 aromatic rings. The summed E-state index contributed by atoms with van der Waals surface area (Å²) in [5.41, 5.74) is 1.86. The molecule has 0 aromatic heterocycles. The van der Waals surface area contributed by atoms with Crippen LogP contribution in [0.15, 0.2) is 18.2 Å². The largest absolute Gasteiger partial charge is 0.616 e. The van der Waals surface area contributed by atoms with Crippen molar-refractivity contribution in [3.63, 3.8) is 0 Å². The molecule has 0 saturated heterocycles. The van der Waals surface area contributed by atoms with Crippen molar-refractivity contribution >= 4 is 11.2 Å². The summed E-state index contributed by atoms with van der Waals surface area (Å²) in [5.74, 6) is 2.12. The van der Waals surface area contributed by atoms with Crippen LogP contribution in [0.25, 0.3) is 0 Å². The van der Waals surface area contributed by atoms with Crippen LogP contribution in [0.5, 0.6) is 5.75 Å². The van der Waals surface area contributed by atoms with Crippen LogP contribution in [0.4, 0.5) is 0 Å². The third kappa shape index (κ3) is 2.67. The van der Waals surface area contributed by atoms with E-state index in [1.165, 1.54) is 12.8 Å². The van der Waals surface area contributed by atoms with E-state index in [-0.39, 0.29) is 5.25 Å². The minimum Gasteiger partial charge on any atom is -0.616 e. The van der Waals surface area contributed by atoms with Crippen LogP contribution in [0.3, 0.4) is 0 Å². The minimum absolute atomic E-state index is 0.0960. The molecular formula is C15H22O2S. The lowest BCUT2D eigenvalue weighted by molar-refractivity contribution is 0.450. The number of phenols is 1. The molecule has 1 N–H and O–H groups in total. The number of hydrogen-bond acceptors (Lipinski definition) is 2. The SMILES string of the molecule is CC[S+]([O-])C(C)c1cccc(C(C)C2CC2)c1O. The number of benzene rings is 1. The first kappa shape index (κ1) is 13.8. The van der Waals surface area contributed by atoms with Crippen LogP contribution < -0.4 is 0 Å². The van der Waals surface area contributed by atoms with Crippen molar-refractivity contribution < 1.29 is 9.66 Å². The molecule has 18 heavy (non-hydrogen) atoms. The molecule has 1 aliphatic rings. The maximum atomic E-state index is 11.9. The Hall–Kier alpha value is -0.670. The van der Waals surface area contributed by atoms with E-state index in [4.69, 9.17) is 0 Å². The molecule has 1 aromatic carbocycles. The molecule has 0 bridgehead atoms. The van der Waals surface area contributed by atoms with Gasteiger partial charge in [0.1, 0.15) is 16.8 Å². The van der Waals surface area contributed by atoms with Crippen LogP contribution in [-0.4, -0.2) is 15.4 Å². The van der Waals surface area contributed by atoms with Crippen molar-refractivity contribution in [3.05, 3.63) is 29.3 Å². The Balaban J connectivity index is 2.28. The molecule has 0 spiro atoms. The molecule has 3 heteroatoms. The van der Waals surface area contributed by atoms with Gasteiger partial charge in [-0.05, 0) is 55.3 Å². The van der Waals surface area contributed by atoms with Gasteiger partial charge in [-0.25, -0.2) is 0 Å². The summed E-state index contributed by atoms with van der Waals surface area (Å²) in [7, 11) is 0. The lowest BCUT2D eigenvalue weighted by Crippen LogP contribution is -2.13. The van der Waals surface area contributed by atoms with Crippen molar-refractivity contribution in [3.8, 4) is 5.75 Å². The zero-order valence-corrected chi connectivity index (χ0v) is 12.2. The smallest absolute Gasteiger partial charge is 0.141 e. The number of para-hydroxylation sites is 1. The van der Waals surface area contributed by atoms with Crippen LogP contribution >= 0.6 is 0 Å². The third-order valence-corrected chi connectivity index (χ3v) is 5.65. The van der Waals surface area contributed by atoms with E-state index in [1.807, 2.05) is 32.0 Å². The minimum atomic E-state index is -0.910. The molecule has 0 radical (unpaired) electrons. The van der Waals surface area contributed by atoms with E-state index >= 15 is 0 Å². The van der Waals surface area contributed by atoms with Gasteiger partial charge < -0.3 is 9.66 Å². The Morgan fingerprint density at radius 3 is 2.50 bits per heavy atom. The summed E-state index contributed by atoms with van der Waals surface area (Å²) in [6, 6.07) is 5.88. The number of rotatable bonds is 5. The Morgan fingerprint density at radius 1 is 1.33 bits per heavy atom. The normalized spacial score (nSPS) is 20.4. The monoisotopic (exact) mass is 266 g/mol. The highest BCUT2D eigenvalue weighted by atomic mass is 32.2. The molecule has 1 saturated carbocycles. The Morgan fingerprint density at radius 2 is 1.94 bits per heavy atom. The van der Waals surface area contributed by atoms with Crippen LogP contribution in [0.1, 0.15) is 55.9 Å². The van der Waals surface area contributed by atoms with E-state index in [0.29, 0.717) is 17.4 Å². The molecule has 2 rings (SSSR count). The fraction of sp³-hybridized carbons (Fsp3) is 0.600.